The molecule has 3 aromatic carbocycles. The molecular formula is C27H22ClN3O2. The van der Waals surface area contributed by atoms with Crippen LogP contribution in [0.1, 0.15) is 22.4 Å². The number of amides is 1. The first-order chi connectivity index (χ1) is 16.0. The van der Waals surface area contributed by atoms with Crippen molar-refractivity contribution in [2.45, 2.75) is 19.1 Å². The summed E-state index contributed by atoms with van der Waals surface area (Å²) in [4.78, 5) is 24.6. The smallest absolute Gasteiger partial charge is 0.251 e. The molecular weight excluding hydrogens is 434 g/mol. The van der Waals surface area contributed by atoms with E-state index in [9.17, 15) is 9.90 Å². The van der Waals surface area contributed by atoms with Crippen molar-refractivity contribution in [1.29, 1.82) is 0 Å². The van der Waals surface area contributed by atoms with Crippen molar-refractivity contribution in [1.82, 2.24) is 4.98 Å². The van der Waals surface area contributed by atoms with Gasteiger partial charge in [-0.2, -0.15) is 0 Å². The van der Waals surface area contributed by atoms with E-state index in [1.54, 1.807) is 24.2 Å². The molecule has 2 heterocycles. The number of aromatic nitrogens is 1. The minimum atomic E-state index is -0.614. The number of halogens is 1. The van der Waals surface area contributed by atoms with Crippen LogP contribution in [0.25, 0.3) is 10.8 Å². The van der Waals surface area contributed by atoms with E-state index in [1.807, 2.05) is 42.5 Å². The zero-order chi connectivity index (χ0) is 22.9. The topological polar surface area (TPSA) is 65.8 Å². The normalized spacial score (nSPS) is 15.8. The summed E-state index contributed by atoms with van der Waals surface area (Å²) in [7, 11) is 1.77. The van der Waals surface area contributed by atoms with Gasteiger partial charge in [0.15, 0.2) is 0 Å². The van der Waals surface area contributed by atoms with Crippen molar-refractivity contribution in [3.05, 3.63) is 106 Å². The first-order valence-electron chi connectivity index (χ1n) is 10.7. The van der Waals surface area contributed by atoms with E-state index in [-0.39, 0.29) is 12.5 Å². The van der Waals surface area contributed by atoms with Gasteiger partial charge in [-0.15, -0.1) is 0 Å². The second-order valence-corrected chi connectivity index (χ2v) is 8.58. The third kappa shape index (κ3) is 4.13. The molecule has 1 amide bonds. The number of likely N-dealkylation sites (N-methyl/N-ethyl adjacent to an activating group) is 1. The molecule has 0 aliphatic carbocycles. The minimum absolute atomic E-state index is 0.0892. The quantitative estimate of drug-likeness (QED) is 0.480. The van der Waals surface area contributed by atoms with Gasteiger partial charge in [-0.1, -0.05) is 60.1 Å². The van der Waals surface area contributed by atoms with E-state index >= 15 is 0 Å². The third-order valence-corrected chi connectivity index (χ3v) is 6.20. The molecule has 5 rings (SSSR count). The summed E-state index contributed by atoms with van der Waals surface area (Å²) in [5.41, 5.74) is 4.47. The van der Waals surface area contributed by atoms with Crippen molar-refractivity contribution in [3.8, 4) is 0 Å². The molecule has 0 saturated heterocycles. The molecule has 0 saturated carbocycles. The molecule has 1 aliphatic rings. The summed E-state index contributed by atoms with van der Waals surface area (Å²) < 4.78 is 0. The molecule has 1 aliphatic heterocycles. The summed E-state index contributed by atoms with van der Waals surface area (Å²) in [5, 5.41) is 12.2. The molecule has 0 bridgehead atoms. The van der Waals surface area contributed by atoms with Gasteiger partial charge in [-0.3, -0.25) is 14.8 Å². The fraction of sp³-hybridized carbons (Fsp3) is 0.148. The van der Waals surface area contributed by atoms with Crippen LogP contribution in [-0.4, -0.2) is 34.8 Å². The standard InChI is InChI=1S/C27H22ClN3O2/c1-31-25-11-9-21(28)14-22(25)26(23-10-7-18(16-32)15-29-23)30-24(27(31)33)13-17-6-8-19-4-2-3-5-20(19)12-17/h2-12,14-15,24,32H,13,16H2,1H3. The molecule has 0 fully saturated rings. The number of benzene rings is 3. The van der Waals surface area contributed by atoms with Crippen molar-refractivity contribution in [2.75, 3.05) is 11.9 Å². The number of aliphatic imine (C=N–C) groups is 1. The number of pyridine rings is 1. The Balaban J connectivity index is 1.62. The third-order valence-electron chi connectivity index (χ3n) is 5.97. The Morgan fingerprint density at radius 1 is 0.970 bits per heavy atom. The Morgan fingerprint density at radius 3 is 2.52 bits per heavy atom. The first kappa shape index (κ1) is 21.3. The van der Waals surface area contributed by atoms with Crippen LogP contribution in [0.3, 0.4) is 0 Å². The lowest BCUT2D eigenvalue weighted by molar-refractivity contribution is -0.119. The van der Waals surface area contributed by atoms with Crippen molar-refractivity contribution < 1.29 is 9.90 Å². The number of hydrogen-bond acceptors (Lipinski definition) is 4. The summed E-state index contributed by atoms with van der Waals surface area (Å²) in [6.07, 6.45) is 2.09. The Hall–Kier alpha value is -3.54. The van der Waals surface area contributed by atoms with Gasteiger partial charge >= 0.3 is 0 Å². The average Bonchev–Trinajstić information content (AvgIpc) is 2.94. The van der Waals surface area contributed by atoms with Gasteiger partial charge < -0.3 is 10.0 Å². The highest BCUT2D eigenvalue weighted by atomic mass is 35.5. The summed E-state index contributed by atoms with van der Waals surface area (Å²) in [6.45, 7) is -0.0893. The Morgan fingerprint density at radius 2 is 1.76 bits per heavy atom. The van der Waals surface area contributed by atoms with Crippen LogP contribution in [0.2, 0.25) is 5.02 Å². The monoisotopic (exact) mass is 455 g/mol. The zero-order valence-corrected chi connectivity index (χ0v) is 18.8. The summed E-state index contributed by atoms with van der Waals surface area (Å²) in [6, 6.07) is 22.8. The Kier molecular flexibility index (Phi) is 5.67. The predicted octanol–water partition coefficient (Wildman–Crippen LogP) is 4.81. The van der Waals surface area contributed by atoms with Crippen LogP contribution in [0.5, 0.6) is 0 Å². The van der Waals surface area contributed by atoms with E-state index in [1.165, 1.54) is 0 Å². The number of hydrogen-bond donors (Lipinski definition) is 1. The number of nitrogens with zero attached hydrogens (tertiary/aromatic N) is 3. The molecule has 1 unspecified atom stereocenters. The molecule has 0 radical (unpaired) electrons. The highest BCUT2D eigenvalue weighted by Crippen LogP contribution is 2.31. The fourth-order valence-corrected chi connectivity index (χ4v) is 4.37. The van der Waals surface area contributed by atoms with Gasteiger partial charge in [0.2, 0.25) is 0 Å². The number of aliphatic hydroxyl groups excluding tert-OH is 1. The second-order valence-electron chi connectivity index (χ2n) is 8.15. The van der Waals surface area contributed by atoms with Gasteiger partial charge in [0.05, 0.1) is 23.7 Å². The summed E-state index contributed by atoms with van der Waals surface area (Å²) in [5.74, 6) is -0.0892. The van der Waals surface area contributed by atoms with Crippen molar-refractivity contribution in [2.24, 2.45) is 4.99 Å². The first-order valence-corrected chi connectivity index (χ1v) is 11.1. The van der Waals surface area contributed by atoms with Gasteiger partial charge in [0.25, 0.3) is 5.91 Å². The summed E-state index contributed by atoms with van der Waals surface area (Å²) >= 11 is 6.32. The molecule has 5 nitrogen and oxygen atoms in total. The maximum atomic E-state index is 13.5. The minimum Gasteiger partial charge on any atom is -0.392 e. The average molecular weight is 456 g/mol. The molecule has 6 heteroatoms. The number of aliphatic hydroxyl groups is 1. The van der Waals surface area contributed by atoms with E-state index in [4.69, 9.17) is 16.6 Å². The molecule has 1 aromatic heterocycles. The highest BCUT2D eigenvalue weighted by Gasteiger charge is 2.30. The lowest BCUT2D eigenvalue weighted by Crippen LogP contribution is -2.36. The van der Waals surface area contributed by atoms with Gasteiger partial charge in [0.1, 0.15) is 6.04 Å². The Labute approximate surface area is 197 Å². The van der Waals surface area contributed by atoms with Crippen LogP contribution in [0, 0.1) is 0 Å². The molecule has 1 atom stereocenters. The number of carbonyl (C=O) groups is 1. The van der Waals surface area contributed by atoms with Gasteiger partial charge in [-0.25, -0.2) is 0 Å². The van der Waals surface area contributed by atoms with E-state index in [0.29, 0.717) is 28.4 Å². The van der Waals surface area contributed by atoms with Crippen LogP contribution >= 0.6 is 11.6 Å². The van der Waals surface area contributed by atoms with Gasteiger partial charge in [0, 0.05) is 30.3 Å². The fourth-order valence-electron chi connectivity index (χ4n) is 4.20. The SMILES string of the molecule is CN1C(=O)C(Cc2ccc3ccccc3c2)N=C(c2ccc(CO)cn2)c2cc(Cl)ccc21. The maximum absolute atomic E-state index is 13.5. The number of anilines is 1. The second kappa shape index (κ2) is 8.77. The lowest BCUT2D eigenvalue weighted by Gasteiger charge is -2.20. The number of benzodiazepines with no additional fused rings is 1. The van der Waals surface area contributed by atoms with Crippen LogP contribution in [-0.2, 0) is 17.8 Å². The predicted molar refractivity (Wildman–Crippen MR) is 132 cm³/mol. The lowest BCUT2D eigenvalue weighted by atomic mass is 10.0. The largest absolute Gasteiger partial charge is 0.392 e. The molecule has 33 heavy (non-hydrogen) atoms. The highest BCUT2D eigenvalue weighted by molar-refractivity contribution is 6.32. The molecule has 4 aromatic rings. The van der Waals surface area contributed by atoms with E-state index < -0.39 is 6.04 Å². The maximum Gasteiger partial charge on any atom is 0.251 e. The molecule has 0 spiro atoms. The number of carbonyl (C=O) groups excluding carboxylic acids is 1. The molecule has 164 valence electrons. The van der Waals surface area contributed by atoms with Crippen LogP contribution in [0.4, 0.5) is 5.69 Å². The Bertz CT molecular complexity index is 1380. The van der Waals surface area contributed by atoms with Crippen molar-refractivity contribution in [3.63, 3.8) is 0 Å². The van der Waals surface area contributed by atoms with Crippen LogP contribution in [0.15, 0.2) is 84.0 Å². The van der Waals surface area contributed by atoms with E-state index in [2.05, 4.69) is 29.2 Å². The number of fused-ring (bicyclic) bond motifs is 2. The van der Waals surface area contributed by atoms with Gasteiger partial charge in [-0.05, 0) is 46.2 Å². The van der Waals surface area contributed by atoms with E-state index in [0.717, 1.165) is 27.6 Å². The van der Waals surface area contributed by atoms with Crippen LogP contribution < -0.4 is 4.90 Å². The zero-order valence-electron chi connectivity index (χ0n) is 18.1. The van der Waals surface area contributed by atoms with Crippen molar-refractivity contribution >= 4 is 39.7 Å². The molecule has 1 N–H and O–H groups in total. The number of rotatable bonds is 4.